The van der Waals surface area contributed by atoms with Crippen molar-refractivity contribution in [2.24, 2.45) is 5.92 Å². The molecule has 0 aliphatic heterocycles. The summed E-state index contributed by atoms with van der Waals surface area (Å²) in [5, 5.41) is 3.24. The Morgan fingerprint density at radius 1 is 1.32 bits per heavy atom. The highest BCUT2D eigenvalue weighted by Gasteiger charge is 2.23. The molecule has 1 aromatic heterocycles. The highest BCUT2D eigenvalue weighted by molar-refractivity contribution is 5.81. The topological polar surface area (TPSA) is 46.9 Å². The molecule has 3 rings (SSSR count). The number of aromatic nitrogens is 2. The van der Waals surface area contributed by atoms with Gasteiger partial charge >= 0.3 is 0 Å². The molecule has 2 unspecified atom stereocenters. The van der Waals surface area contributed by atoms with E-state index in [1.54, 1.807) is 0 Å². The largest absolute Gasteiger partial charge is 0.352 e. The van der Waals surface area contributed by atoms with Crippen molar-refractivity contribution in [2.75, 3.05) is 0 Å². The zero-order valence-electron chi connectivity index (χ0n) is 13.5. The van der Waals surface area contributed by atoms with Crippen molar-refractivity contribution < 1.29 is 4.79 Å². The minimum atomic E-state index is 0.108. The molecule has 0 spiro atoms. The summed E-state index contributed by atoms with van der Waals surface area (Å²) in [6, 6.07) is 8.37. The average Bonchev–Trinajstić information content (AvgIpc) is 2.87. The first kappa shape index (κ1) is 15.1. The molecule has 1 aliphatic rings. The lowest BCUT2D eigenvalue weighted by atomic mass is 9.86. The maximum atomic E-state index is 12.5. The van der Waals surface area contributed by atoms with Crippen LogP contribution < -0.4 is 5.32 Å². The van der Waals surface area contributed by atoms with E-state index in [0.717, 1.165) is 29.7 Å². The Labute approximate surface area is 131 Å². The number of imidazole rings is 1. The van der Waals surface area contributed by atoms with E-state index in [2.05, 4.69) is 28.7 Å². The maximum absolute atomic E-state index is 12.5. The lowest BCUT2D eigenvalue weighted by molar-refractivity contribution is -0.122. The molecule has 1 fully saturated rings. The molecule has 2 atom stereocenters. The summed E-state index contributed by atoms with van der Waals surface area (Å²) < 4.78 is 2.05. The molecule has 2 aromatic rings. The Balaban J connectivity index is 1.76. The van der Waals surface area contributed by atoms with Crippen LogP contribution in [0.1, 0.15) is 45.4 Å². The molecular formula is C18H25N3O. The van der Waals surface area contributed by atoms with Crippen molar-refractivity contribution in [3.63, 3.8) is 0 Å². The van der Waals surface area contributed by atoms with Gasteiger partial charge in [0.25, 0.3) is 0 Å². The molecule has 4 heteroatoms. The Morgan fingerprint density at radius 2 is 2.09 bits per heavy atom. The monoisotopic (exact) mass is 299 g/mol. The molecule has 0 saturated heterocycles. The number of hydrogen-bond donors (Lipinski definition) is 1. The molecule has 1 amide bonds. The maximum Gasteiger partial charge on any atom is 0.240 e. The summed E-state index contributed by atoms with van der Waals surface area (Å²) >= 11 is 0. The van der Waals surface area contributed by atoms with Crippen molar-refractivity contribution in [1.82, 2.24) is 14.9 Å². The summed E-state index contributed by atoms with van der Waals surface area (Å²) in [5.74, 6) is 1.67. The van der Waals surface area contributed by atoms with E-state index in [9.17, 15) is 4.79 Å². The second kappa shape index (κ2) is 6.51. The number of hydrogen-bond acceptors (Lipinski definition) is 2. The van der Waals surface area contributed by atoms with Gasteiger partial charge in [-0.05, 0) is 30.9 Å². The van der Waals surface area contributed by atoms with E-state index < -0.39 is 0 Å². The van der Waals surface area contributed by atoms with Crippen LogP contribution in [0.4, 0.5) is 0 Å². The third-order valence-electron chi connectivity index (χ3n) is 4.81. The molecule has 118 valence electrons. The fourth-order valence-corrected chi connectivity index (χ4v) is 3.50. The van der Waals surface area contributed by atoms with Crippen molar-refractivity contribution in [3.05, 3.63) is 30.1 Å². The van der Waals surface area contributed by atoms with Crippen LogP contribution in [-0.4, -0.2) is 21.5 Å². The highest BCUT2D eigenvalue weighted by Crippen LogP contribution is 2.24. The molecule has 22 heavy (non-hydrogen) atoms. The molecule has 1 aliphatic carbocycles. The lowest BCUT2D eigenvalue weighted by Crippen LogP contribution is -2.42. The van der Waals surface area contributed by atoms with Crippen LogP contribution in [0.2, 0.25) is 0 Å². The first-order valence-corrected chi connectivity index (χ1v) is 8.42. The second-order valence-electron chi connectivity index (χ2n) is 6.39. The van der Waals surface area contributed by atoms with Crippen molar-refractivity contribution in [2.45, 2.75) is 58.5 Å². The van der Waals surface area contributed by atoms with Gasteiger partial charge in [-0.2, -0.15) is 0 Å². The number of aryl methyl sites for hydroxylation is 1. The highest BCUT2D eigenvalue weighted by atomic mass is 16.2. The first-order chi connectivity index (χ1) is 10.7. The number of nitrogens with one attached hydrogen (secondary N) is 1. The minimum absolute atomic E-state index is 0.108. The molecule has 1 saturated carbocycles. The van der Waals surface area contributed by atoms with Crippen molar-refractivity contribution in [3.8, 4) is 0 Å². The van der Waals surface area contributed by atoms with Crippen LogP contribution in [0.25, 0.3) is 11.0 Å². The van der Waals surface area contributed by atoms with Gasteiger partial charge in [0.05, 0.1) is 11.0 Å². The number of rotatable bonds is 4. The predicted molar refractivity (Wildman–Crippen MR) is 88.7 cm³/mol. The third kappa shape index (κ3) is 3.01. The fourth-order valence-electron chi connectivity index (χ4n) is 3.50. The number of carbonyl (C=O) groups excluding carboxylic acids is 1. The van der Waals surface area contributed by atoms with Gasteiger partial charge in [0, 0.05) is 12.5 Å². The first-order valence-electron chi connectivity index (χ1n) is 8.42. The molecule has 0 bridgehead atoms. The van der Waals surface area contributed by atoms with Gasteiger partial charge in [-0.3, -0.25) is 4.79 Å². The van der Waals surface area contributed by atoms with Gasteiger partial charge in [-0.15, -0.1) is 0 Å². The van der Waals surface area contributed by atoms with Gasteiger partial charge in [0.15, 0.2) is 0 Å². The second-order valence-corrected chi connectivity index (χ2v) is 6.39. The van der Waals surface area contributed by atoms with Gasteiger partial charge in [0.1, 0.15) is 12.4 Å². The van der Waals surface area contributed by atoms with Gasteiger partial charge in [-0.1, -0.05) is 38.8 Å². The van der Waals surface area contributed by atoms with E-state index in [0.29, 0.717) is 18.5 Å². The number of carbonyl (C=O) groups is 1. The third-order valence-corrected chi connectivity index (χ3v) is 4.81. The lowest BCUT2D eigenvalue weighted by Gasteiger charge is -2.29. The molecule has 4 nitrogen and oxygen atoms in total. The number of para-hydroxylation sites is 2. The summed E-state index contributed by atoms with van der Waals surface area (Å²) in [6.45, 7) is 4.69. The van der Waals surface area contributed by atoms with E-state index in [-0.39, 0.29) is 5.91 Å². The average molecular weight is 299 g/mol. The Morgan fingerprint density at radius 3 is 2.86 bits per heavy atom. The summed E-state index contributed by atoms with van der Waals surface area (Å²) in [7, 11) is 0. The smallest absolute Gasteiger partial charge is 0.240 e. The van der Waals surface area contributed by atoms with Crippen molar-refractivity contribution in [1.29, 1.82) is 0 Å². The van der Waals surface area contributed by atoms with Crippen LogP contribution in [0.15, 0.2) is 24.3 Å². The summed E-state index contributed by atoms with van der Waals surface area (Å²) in [5.41, 5.74) is 2.02. The van der Waals surface area contributed by atoms with E-state index >= 15 is 0 Å². The van der Waals surface area contributed by atoms with Gasteiger partial charge in [-0.25, -0.2) is 4.98 Å². The van der Waals surface area contributed by atoms with Crippen LogP contribution >= 0.6 is 0 Å². The van der Waals surface area contributed by atoms with Crippen LogP contribution in [0.3, 0.4) is 0 Å². The zero-order valence-corrected chi connectivity index (χ0v) is 13.5. The Bertz CT molecular complexity index is 661. The number of amides is 1. The fraction of sp³-hybridized carbons (Fsp3) is 0.556. The van der Waals surface area contributed by atoms with Crippen molar-refractivity contribution >= 4 is 16.9 Å². The number of nitrogens with zero attached hydrogens (tertiary/aromatic N) is 2. The summed E-state index contributed by atoms with van der Waals surface area (Å²) in [4.78, 5) is 17.1. The van der Waals surface area contributed by atoms with E-state index in [1.807, 2.05) is 24.3 Å². The normalized spacial score (nSPS) is 21.9. The Hall–Kier alpha value is -1.84. The van der Waals surface area contributed by atoms with Gasteiger partial charge in [0.2, 0.25) is 5.91 Å². The van der Waals surface area contributed by atoms with Crippen LogP contribution in [0, 0.1) is 5.92 Å². The molecule has 1 aromatic carbocycles. The SMILES string of the molecule is CCc1nc2ccccc2n1CC(=O)NC1CCCCC1C. The van der Waals surface area contributed by atoms with E-state index in [1.165, 1.54) is 19.3 Å². The molecule has 0 radical (unpaired) electrons. The molecule has 1 N–H and O–H groups in total. The quantitative estimate of drug-likeness (QED) is 0.941. The summed E-state index contributed by atoms with van der Waals surface area (Å²) in [6.07, 6.45) is 5.68. The standard InChI is InChI=1S/C18H25N3O/c1-3-17-19-15-10-6-7-11-16(15)21(17)12-18(22)20-14-9-5-4-8-13(14)2/h6-7,10-11,13-14H,3-5,8-9,12H2,1-2H3,(H,20,22). The van der Waals surface area contributed by atoms with Crippen LogP contribution in [0.5, 0.6) is 0 Å². The number of benzene rings is 1. The minimum Gasteiger partial charge on any atom is -0.352 e. The zero-order chi connectivity index (χ0) is 15.5. The van der Waals surface area contributed by atoms with E-state index in [4.69, 9.17) is 0 Å². The molecular weight excluding hydrogens is 274 g/mol. The number of fused-ring (bicyclic) bond motifs is 1. The predicted octanol–water partition coefficient (Wildman–Crippen LogP) is 3.29. The van der Waals surface area contributed by atoms with Gasteiger partial charge < -0.3 is 9.88 Å². The Kier molecular flexibility index (Phi) is 4.46. The van der Waals surface area contributed by atoms with Crippen LogP contribution in [-0.2, 0) is 17.8 Å². The molecule has 1 heterocycles.